The summed E-state index contributed by atoms with van der Waals surface area (Å²) in [4.78, 5) is 16.6. The maximum absolute atomic E-state index is 12.8. The molecule has 0 N–H and O–H groups in total. The molecule has 2 aliphatic heterocycles. The second kappa shape index (κ2) is 6.69. The smallest absolute Gasteiger partial charge is 0.483 e. The van der Waals surface area contributed by atoms with E-state index in [4.69, 9.17) is 4.74 Å². The molecule has 0 spiro atoms. The van der Waals surface area contributed by atoms with Gasteiger partial charge in [-0.2, -0.15) is 0 Å². The molecule has 4 rings (SSSR count). The molecule has 1 aromatic rings. The van der Waals surface area contributed by atoms with Gasteiger partial charge in [0.2, 0.25) is 5.91 Å². The second-order valence-corrected chi connectivity index (χ2v) is 8.16. The molecule has 1 saturated carbocycles. The van der Waals surface area contributed by atoms with E-state index < -0.39 is 12.0 Å². The molecule has 1 aliphatic carbocycles. The van der Waals surface area contributed by atoms with Crippen LogP contribution in [0, 0.1) is 5.92 Å². The van der Waals surface area contributed by atoms with Gasteiger partial charge in [-0.15, -0.1) is 13.2 Å². The summed E-state index contributed by atoms with van der Waals surface area (Å²) in [6, 6.07) is 3.97. The minimum atomic E-state index is -4.78. The van der Waals surface area contributed by atoms with Crippen LogP contribution in [0.1, 0.15) is 32.3 Å². The molecule has 5 nitrogen and oxygen atoms in total. The molecular weight excluding hydrogens is 373 g/mol. The van der Waals surface area contributed by atoms with Gasteiger partial charge < -0.3 is 14.4 Å². The lowest BCUT2D eigenvalue weighted by molar-refractivity contribution is -0.274. The van der Waals surface area contributed by atoms with Crippen LogP contribution >= 0.6 is 0 Å². The standard InChI is InChI=1S/C20H23F3N2O3/c1-19(2)10-16(25-8-7-24(12-18(25)26)11-13-3-4-13)15-9-14(27-20(21,22)23)5-6-17(15)28-19/h5-6,9-10,13H,3-4,7-8,11-12H2,1-2H3. The molecule has 1 aromatic carbocycles. The van der Waals surface area contributed by atoms with Gasteiger partial charge in [-0.25, -0.2) is 0 Å². The number of alkyl halides is 3. The van der Waals surface area contributed by atoms with Gasteiger partial charge in [0.1, 0.15) is 17.1 Å². The zero-order valence-corrected chi connectivity index (χ0v) is 15.9. The minimum Gasteiger partial charge on any atom is -0.483 e. The highest BCUT2D eigenvalue weighted by atomic mass is 19.4. The fourth-order valence-electron chi connectivity index (χ4n) is 3.74. The number of rotatable bonds is 4. The lowest BCUT2D eigenvalue weighted by atomic mass is 9.97. The van der Waals surface area contributed by atoms with E-state index in [9.17, 15) is 18.0 Å². The van der Waals surface area contributed by atoms with Crippen molar-refractivity contribution in [2.24, 2.45) is 5.92 Å². The van der Waals surface area contributed by atoms with Gasteiger partial charge in [-0.3, -0.25) is 9.69 Å². The van der Waals surface area contributed by atoms with E-state index in [2.05, 4.69) is 9.64 Å². The lowest BCUT2D eigenvalue weighted by Gasteiger charge is -2.39. The van der Waals surface area contributed by atoms with Crippen molar-refractivity contribution in [3.8, 4) is 11.5 Å². The molecular formula is C20H23F3N2O3. The number of amides is 1. The predicted molar refractivity (Wildman–Crippen MR) is 96.7 cm³/mol. The van der Waals surface area contributed by atoms with Crippen LogP contribution in [0.5, 0.6) is 11.5 Å². The van der Waals surface area contributed by atoms with Crippen LogP contribution in [-0.4, -0.2) is 53.8 Å². The Labute approximate surface area is 161 Å². The van der Waals surface area contributed by atoms with Crippen LogP contribution in [0.15, 0.2) is 24.3 Å². The highest BCUT2D eigenvalue weighted by molar-refractivity contribution is 5.90. The van der Waals surface area contributed by atoms with E-state index >= 15 is 0 Å². The minimum absolute atomic E-state index is 0.0519. The molecule has 8 heteroatoms. The largest absolute Gasteiger partial charge is 0.573 e. The third-order valence-electron chi connectivity index (χ3n) is 5.12. The van der Waals surface area contributed by atoms with Crippen molar-refractivity contribution < 1.29 is 27.4 Å². The quantitative estimate of drug-likeness (QED) is 0.779. The topological polar surface area (TPSA) is 42.0 Å². The molecule has 2 fully saturated rings. The zero-order chi connectivity index (χ0) is 20.1. The highest BCUT2D eigenvalue weighted by Crippen LogP contribution is 2.41. The first-order valence-electron chi connectivity index (χ1n) is 9.44. The molecule has 0 radical (unpaired) electrons. The number of benzene rings is 1. The summed E-state index contributed by atoms with van der Waals surface area (Å²) in [7, 11) is 0. The SMILES string of the molecule is CC1(C)C=C(N2CCN(CC3CC3)CC2=O)c2cc(OC(F)(F)F)ccc2O1. The Morgan fingerprint density at radius 2 is 2.00 bits per heavy atom. The summed E-state index contributed by atoms with van der Waals surface area (Å²) >= 11 is 0. The molecule has 0 bridgehead atoms. The fourth-order valence-corrected chi connectivity index (χ4v) is 3.74. The van der Waals surface area contributed by atoms with Crippen molar-refractivity contribution in [2.75, 3.05) is 26.2 Å². The van der Waals surface area contributed by atoms with Gasteiger partial charge in [0.25, 0.3) is 0 Å². The zero-order valence-electron chi connectivity index (χ0n) is 15.9. The third kappa shape index (κ3) is 4.27. The van der Waals surface area contributed by atoms with Crippen molar-refractivity contribution in [3.05, 3.63) is 29.8 Å². The maximum Gasteiger partial charge on any atom is 0.573 e. The molecule has 2 heterocycles. The predicted octanol–water partition coefficient (Wildman–Crippen LogP) is 3.65. The number of carbonyl (C=O) groups excluding carboxylic acids is 1. The van der Waals surface area contributed by atoms with Crippen molar-refractivity contribution in [2.45, 2.75) is 38.7 Å². The van der Waals surface area contributed by atoms with E-state index in [0.717, 1.165) is 13.1 Å². The van der Waals surface area contributed by atoms with Crippen molar-refractivity contribution in [1.82, 2.24) is 9.80 Å². The van der Waals surface area contributed by atoms with Gasteiger partial charge in [0, 0.05) is 25.2 Å². The number of nitrogens with zero attached hydrogens (tertiary/aromatic N) is 2. The van der Waals surface area contributed by atoms with Gasteiger partial charge >= 0.3 is 6.36 Å². The molecule has 0 aromatic heterocycles. The summed E-state index contributed by atoms with van der Waals surface area (Å²) < 4.78 is 47.8. The molecule has 28 heavy (non-hydrogen) atoms. The number of hydrogen-bond acceptors (Lipinski definition) is 4. The summed E-state index contributed by atoms with van der Waals surface area (Å²) in [6.07, 6.45) is -0.542. The molecule has 0 unspecified atom stereocenters. The maximum atomic E-state index is 12.8. The highest BCUT2D eigenvalue weighted by Gasteiger charge is 2.37. The number of hydrogen-bond donors (Lipinski definition) is 0. The summed E-state index contributed by atoms with van der Waals surface area (Å²) in [5.74, 6) is 0.748. The lowest BCUT2D eigenvalue weighted by Crippen LogP contribution is -2.50. The van der Waals surface area contributed by atoms with Gasteiger partial charge in [-0.1, -0.05) is 0 Å². The van der Waals surface area contributed by atoms with Gasteiger partial charge in [-0.05, 0) is 56.9 Å². The molecule has 3 aliphatic rings. The Balaban J connectivity index is 1.61. The van der Waals surface area contributed by atoms with Crippen molar-refractivity contribution >= 4 is 11.6 Å². The Bertz CT molecular complexity index is 815. The Kier molecular flexibility index (Phi) is 4.56. The number of carbonyl (C=O) groups is 1. The summed E-state index contributed by atoms with van der Waals surface area (Å²) in [6.45, 7) is 6.20. The summed E-state index contributed by atoms with van der Waals surface area (Å²) in [5, 5.41) is 0. The molecule has 1 saturated heterocycles. The number of halogens is 3. The van der Waals surface area contributed by atoms with E-state index in [1.54, 1.807) is 11.0 Å². The van der Waals surface area contributed by atoms with E-state index in [1.807, 2.05) is 13.8 Å². The first kappa shape index (κ1) is 19.1. The van der Waals surface area contributed by atoms with Gasteiger partial charge in [0.05, 0.1) is 12.2 Å². The van der Waals surface area contributed by atoms with E-state index in [-0.39, 0.29) is 11.7 Å². The average Bonchev–Trinajstić information content (AvgIpc) is 3.37. The monoisotopic (exact) mass is 396 g/mol. The van der Waals surface area contributed by atoms with E-state index in [0.29, 0.717) is 36.0 Å². The Hall–Kier alpha value is -2.22. The Morgan fingerprint density at radius 3 is 2.64 bits per heavy atom. The van der Waals surface area contributed by atoms with Crippen LogP contribution in [0.4, 0.5) is 13.2 Å². The number of ether oxygens (including phenoxy) is 2. The Morgan fingerprint density at radius 1 is 1.25 bits per heavy atom. The van der Waals surface area contributed by atoms with Gasteiger partial charge in [0.15, 0.2) is 0 Å². The number of fused-ring (bicyclic) bond motifs is 1. The first-order chi connectivity index (χ1) is 13.1. The molecule has 1 amide bonds. The first-order valence-corrected chi connectivity index (χ1v) is 9.44. The third-order valence-corrected chi connectivity index (χ3v) is 5.12. The summed E-state index contributed by atoms with van der Waals surface area (Å²) in [5.41, 5.74) is 0.334. The second-order valence-electron chi connectivity index (χ2n) is 8.16. The van der Waals surface area contributed by atoms with Crippen LogP contribution in [-0.2, 0) is 4.79 Å². The van der Waals surface area contributed by atoms with Crippen LogP contribution in [0.25, 0.3) is 5.70 Å². The molecule has 0 atom stereocenters. The van der Waals surface area contributed by atoms with Crippen LogP contribution < -0.4 is 9.47 Å². The number of piperazine rings is 1. The van der Waals surface area contributed by atoms with Crippen molar-refractivity contribution in [3.63, 3.8) is 0 Å². The average molecular weight is 396 g/mol. The fraction of sp³-hybridized carbons (Fsp3) is 0.550. The van der Waals surface area contributed by atoms with E-state index in [1.165, 1.54) is 31.0 Å². The molecule has 152 valence electrons. The van der Waals surface area contributed by atoms with Crippen LogP contribution in [0.3, 0.4) is 0 Å². The normalized spacial score (nSPS) is 22.4. The van der Waals surface area contributed by atoms with Crippen molar-refractivity contribution in [1.29, 1.82) is 0 Å². The van der Waals surface area contributed by atoms with Crippen LogP contribution in [0.2, 0.25) is 0 Å².